The van der Waals surface area contributed by atoms with Gasteiger partial charge in [0.1, 0.15) is 0 Å². The van der Waals surface area contributed by atoms with Crippen molar-refractivity contribution in [1.29, 1.82) is 0 Å². The Morgan fingerprint density at radius 1 is 1.39 bits per heavy atom. The predicted octanol–water partition coefficient (Wildman–Crippen LogP) is 5.00. The molecular formula is C12H15BrF3NS. The highest BCUT2D eigenvalue weighted by molar-refractivity contribution is 9.09. The van der Waals surface area contributed by atoms with Crippen LogP contribution in [0.25, 0.3) is 0 Å². The van der Waals surface area contributed by atoms with Gasteiger partial charge < -0.3 is 0 Å². The second kappa shape index (κ2) is 7.38. The van der Waals surface area contributed by atoms with Crippen LogP contribution in [0.1, 0.15) is 25.3 Å². The second-order valence-electron chi connectivity index (χ2n) is 4.00. The van der Waals surface area contributed by atoms with Crippen molar-refractivity contribution < 1.29 is 13.2 Å². The lowest BCUT2D eigenvalue weighted by Gasteiger charge is -2.12. The lowest BCUT2D eigenvalue weighted by molar-refractivity contribution is -0.137. The van der Waals surface area contributed by atoms with Crippen LogP contribution < -0.4 is 0 Å². The van der Waals surface area contributed by atoms with Crippen LogP contribution in [0.4, 0.5) is 13.2 Å². The molecule has 0 bridgehead atoms. The lowest BCUT2D eigenvalue weighted by Crippen LogP contribution is -2.06. The van der Waals surface area contributed by atoms with Crippen molar-refractivity contribution in [1.82, 2.24) is 4.98 Å². The van der Waals surface area contributed by atoms with Gasteiger partial charge in [0.05, 0.1) is 10.6 Å². The molecule has 102 valence electrons. The van der Waals surface area contributed by atoms with Crippen LogP contribution >= 0.6 is 27.7 Å². The van der Waals surface area contributed by atoms with Crippen molar-refractivity contribution in [2.45, 2.75) is 31.0 Å². The van der Waals surface area contributed by atoms with Crippen LogP contribution in [-0.2, 0) is 6.18 Å². The molecule has 18 heavy (non-hydrogen) atoms. The third kappa shape index (κ3) is 5.18. The number of rotatable bonds is 6. The van der Waals surface area contributed by atoms with Crippen molar-refractivity contribution >= 4 is 27.7 Å². The average Bonchev–Trinajstić information content (AvgIpc) is 2.34. The highest BCUT2D eigenvalue weighted by Crippen LogP contribution is 2.30. The molecule has 1 aromatic rings. The highest BCUT2D eigenvalue weighted by Gasteiger charge is 2.30. The third-order valence-electron chi connectivity index (χ3n) is 2.45. The lowest BCUT2D eigenvalue weighted by atomic mass is 10.1. The summed E-state index contributed by atoms with van der Waals surface area (Å²) in [6.45, 7) is 2.12. The molecule has 0 aliphatic heterocycles. The molecule has 1 unspecified atom stereocenters. The molecule has 1 rings (SSSR count). The molecule has 1 heterocycles. The largest absolute Gasteiger partial charge is 0.417 e. The Morgan fingerprint density at radius 3 is 2.56 bits per heavy atom. The molecule has 0 amide bonds. The zero-order valence-corrected chi connectivity index (χ0v) is 12.4. The van der Waals surface area contributed by atoms with Crippen LogP contribution in [0.5, 0.6) is 0 Å². The third-order valence-corrected chi connectivity index (χ3v) is 4.54. The van der Waals surface area contributed by atoms with Crippen LogP contribution in [0.3, 0.4) is 0 Å². The Labute approximate surface area is 118 Å². The first kappa shape index (κ1) is 15.8. The molecule has 1 nitrogen and oxygen atoms in total. The van der Waals surface area contributed by atoms with Gasteiger partial charge in [-0.1, -0.05) is 29.3 Å². The average molecular weight is 342 g/mol. The molecule has 1 atom stereocenters. The van der Waals surface area contributed by atoms with E-state index in [0.29, 0.717) is 10.9 Å². The van der Waals surface area contributed by atoms with E-state index in [1.54, 1.807) is 0 Å². The van der Waals surface area contributed by atoms with Crippen LogP contribution in [0, 0.1) is 5.92 Å². The van der Waals surface area contributed by atoms with Gasteiger partial charge in [-0.2, -0.15) is 13.2 Å². The van der Waals surface area contributed by atoms with Crippen LogP contribution in [-0.4, -0.2) is 16.1 Å². The fourth-order valence-corrected chi connectivity index (χ4v) is 3.29. The quantitative estimate of drug-likeness (QED) is 0.533. The topological polar surface area (TPSA) is 12.9 Å². The van der Waals surface area contributed by atoms with E-state index in [9.17, 15) is 13.2 Å². The number of pyridine rings is 1. The Morgan fingerprint density at radius 2 is 2.11 bits per heavy atom. The predicted molar refractivity (Wildman–Crippen MR) is 72.2 cm³/mol. The van der Waals surface area contributed by atoms with Crippen molar-refractivity contribution in [2.75, 3.05) is 11.1 Å². The van der Waals surface area contributed by atoms with E-state index in [2.05, 4.69) is 27.8 Å². The van der Waals surface area contributed by atoms with Gasteiger partial charge in [0.15, 0.2) is 0 Å². The van der Waals surface area contributed by atoms with Gasteiger partial charge in [-0.25, -0.2) is 4.98 Å². The molecule has 0 saturated heterocycles. The maximum absolute atomic E-state index is 12.3. The monoisotopic (exact) mass is 341 g/mol. The molecule has 1 aromatic heterocycles. The molecule has 0 aromatic carbocycles. The fraction of sp³-hybridized carbons (Fsp3) is 0.583. The van der Waals surface area contributed by atoms with Gasteiger partial charge in [-0.3, -0.25) is 0 Å². The highest BCUT2D eigenvalue weighted by atomic mass is 79.9. The first-order valence-electron chi connectivity index (χ1n) is 5.69. The van der Waals surface area contributed by atoms with Gasteiger partial charge in [-0.05, 0) is 24.5 Å². The summed E-state index contributed by atoms with van der Waals surface area (Å²) in [5.74, 6) is 1.40. The van der Waals surface area contributed by atoms with E-state index in [0.717, 1.165) is 36.2 Å². The smallest absolute Gasteiger partial charge is 0.249 e. The van der Waals surface area contributed by atoms with Crippen LogP contribution in [0.15, 0.2) is 23.4 Å². The normalized spacial score (nSPS) is 13.6. The van der Waals surface area contributed by atoms with E-state index in [-0.39, 0.29) is 0 Å². The first-order valence-corrected chi connectivity index (χ1v) is 7.80. The van der Waals surface area contributed by atoms with E-state index < -0.39 is 11.7 Å². The standard InChI is InChI=1S/C12H15BrF3NS/c1-2-3-9(6-13)8-18-11-5-4-10(7-17-11)12(14,15)16/h4-5,7,9H,2-3,6,8H2,1H3. The summed E-state index contributed by atoms with van der Waals surface area (Å²) >= 11 is 4.95. The van der Waals surface area contributed by atoms with Crippen molar-refractivity contribution in [3.63, 3.8) is 0 Å². The Bertz CT molecular complexity index is 353. The van der Waals surface area contributed by atoms with Gasteiger partial charge in [0.25, 0.3) is 0 Å². The summed E-state index contributed by atoms with van der Waals surface area (Å²) in [6.07, 6.45) is -1.20. The van der Waals surface area contributed by atoms with Gasteiger partial charge in [-0.15, -0.1) is 11.8 Å². The summed E-state index contributed by atoms with van der Waals surface area (Å²) in [5.41, 5.74) is -0.697. The summed E-state index contributed by atoms with van der Waals surface area (Å²) < 4.78 is 37.0. The Kier molecular flexibility index (Phi) is 6.49. The van der Waals surface area contributed by atoms with E-state index in [1.165, 1.54) is 17.8 Å². The molecule has 0 spiro atoms. The van der Waals surface area contributed by atoms with Crippen molar-refractivity contribution in [3.8, 4) is 0 Å². The number of nitrogens with zero attached hydrogens (tertiary/aromatic N) is 1. The molecule has 0 N–H and O–H groups in total. The zero-order chi connectivity index (χ0) is 13.6. The number of halogens is 4. The molecule has 0 aliphatic carbocycles. The van der Waals surface area contributed by atoms with E-state index in [1.807, 2.05) is 0 Å². The molecular weight excluding hydrogens is 327 g/mol. The summed E-state index contributed by atoms with van der Waals surface area (Å²) in [4.78, 5) is 3.84. The number of hydrogen-bond acceptors (Lipinski definition) is 2. The van der Waals surface area contributed by atoms with Gasteiger partial charge >= 0.3 is 6.18 Å². The maximum Gasteiger partial charge on any atom is 0.417 e. The van der Waals surface area contributed by atoms with Crippen molar-refractivity contribution in [3.05, 3.63) is 23.9 Å². The summed E-state index contributed by atoms with van der Waals surface area (Å²) in [5, 5.41) is 1.55. The van der Waals surface area contributed by atoms with Crippen LogP contribution in [0.2, 0.25) is 0 Å². The molecule has 0 radical (unpaired) electrons. The minimum absolute atomic E-state index is 0.532. The second-order valence-corrected chi connectivity index (χ2v) is 5.69. The summed E-state index contributed by atoms with van der Waals surface area (Å²) in [6, 6.07) is 2.52. The molecule has 6 heteroatoms. The maximum atomic E-state index is 12.3. The SMILES string of the molecule is CCCC(CBr)CSc1ccc(C(F)(F)F)cn1. The minimum Gasteiger partial charge on any atom is -0.249 e. The number of hydrogen-bond donors (Lipinski definition) is 0. The van der Waals surface area contributed by atoms with Gasteiger partial charge in [0.2, 0.25) is 0 Å². The fourth-order valence-electron chi connectivity index (χ4n) is 1.45. The zero-order valence-electron chi connectivity index (χ0n) is 10.0. The Balaban J connectivity index is 2.53. The number of alkyl halides is 4. The molecule has 0 aliphatic rings. The van der Waals surface area contributed by atoms with Crippen molar-refractivity contribution in [2.24, 2.45) is 5.92 Å². The molecule has 0 saturated carbocycles. The molecule has 0 fully saturated rings. The summed E-state index contributed by atoms with van der Waals surface area (Å²) in [7, 11) is 0. The van der Waals surface area contributed by atoms with E-state index >= 15 is 0 Å². The number of thioether (sulfide) groups is 1. The van der Waals surface area contributed by atoms with Gasteiger partial charge in [0, 0.05) is 17.3 Å². The van der Waals surface area contributed by atoms with E-state index in [4.69, 9.17) is 0 Å². The Hall–Kier alpha value is -0.230. The first-order chi connectivity index (χ1) is 8.47. The minimum atomic E-state index is -4.31. The number of aromatic nitrogens is 1.